The van der Waals surface area contributed by atoms with Crippen molar-refractivity contribution in [1.82, 2.24) is 9.97 Å². The van der Waals surface area contributed by atoms with Crippen molar-refractivity contribution in [3.8, 4) is 0 Å². The lowest BCUT2D eigenvalue weighted by molar-refractivity contribution is 0.112. The molecule has 0 N–H and O–H groups in total. The van der Waals surface area contributed by atoms with E-state index in [2.05, 4.69) is 33.1 Å². The average Bonchev–Trinajstić information content (AvgIpc) is 2.68. The zero-order valence-electron chi connectivity index (χ0n) is 11.8. The summed E-state index contributed by atoms with van der Waals surface area (Å²) in [6, 6.07) is 8.40. The van der Waals surface area contributed by atoms with Crippen LogP contribution in [-0.4, -0.2) is 22.8 Å². The standard InChI is InChI=1S/C16H16ClN3O/c1-11-18-15(17)14(10-21)16(19-11)20-8-4-7-12-5-2-3-6-13(12)9-20/h2-3,5-6,10H,4,7-9H2,1H3. The van der Waals surface area contributed by atoms with Crippen molar-refractivity contribution in [3.05, 3.63) is 51.9 Å². The van der Waals surface area contributed by atoms with Gasteiger partial charge in [-0.2, -0.15) is 0 Å². The van der Waals surface area contributed by atoms with Gasteiger partial charge in [0.2, 0.25) is 0 Å². The topological polar surface area (TPSA) is 46.1 Å². The molecular weight excluding hydrogens is 286 g/mol. The maximum atomic E-state index is 11.3. The maximum Gasteiger partial charge on any atom is 0.156 e. The first-order valence-electron chi connectivity index (χ1n) is 7.00. The number of halogens is 1. The van der Waals surface area contributed by atoms with Gasteiger partial charge in [0.25, 0.3) is 0 Å². The number of nitrogens with zero attached hydrogens (tertiary/aromatic N) is 3. The number of aromatic nitrogens is 2. The monoisotopic (exact) mass is 301 g/mol. The highest BCUT2D eigenvalue weighted by Gasteiger charge is 2.20. The molecule has 0 bridgehead atoms. The molecule has 0 unspecified atom stereocenters. The van der Waals surface area contributed by atoms with E-state index in [4.69, 9.17) is 11.6 Å². The second-order valence-electron chi connectivity index (χ2n) is 5.21. The largest absolute Gasteiger partial charge is 0.352 e. The molecule has 108 valence electrons. The summed E-state index contributed by atoms with van der Waals surface area (Å²) in [6.45, 7) is 3.38. The number of rotatable bonds is 2. The third kappa shape index (κ3) is 2.76. The Morgan fingerprint density at radius 1 is 1.24 bits per heavy atom. The van der Waals surface area contributed by atoms with Crippen molar-refractivity contribution in [2.75, 3.05) is 11.4 Å². The van der Waals surface area contributed by atoms with Crippen molar-refractivity contribution >= 4 is 23.7 Å². The number of carbonyl (C=O) groups is 1. The number of benzene rings is 1. The van der Waals surface area contributed by atoms with E-state index in [9.17, 15) is 4.79 Å². The van der Waals surface area contributed by atoms with Crippen molar-refractivity contribution in [2.24, 2.45) is 0 Å². The van der Waals surface area contributed by atoms with Gasteiger partial charge in [0, 0.05) is 13.1 Å². The molecule has 1 aliphatic rings. The maximum absolute atomic E-state index is 11.3. The second kappa shape index (κ2) is 5.82. The van der Waals surface area contributed by atoms with Crippen molar-refractivity contribution in [2.45, 2.75) is 26.3 Å². The van der Waals surface area contributed by atoms with Crippen molar-refractivity contribution in [3.63, 3.8) is 0 Å². The van der Waals surface area contributed by atoms with Gasteiger partial charge < -0.3 is 4.90 Å². The zero-order valence-corrected chi connectivity index (χ0v) is 12.6. The lowest BCUT2D eigenvalue weighted by Crippen LogP contribution is -2.25. The predicted octanol–water partition coefficient (Wildman–Crippen LogP) is 3.20. The fourth-order valence-corrected chi connectivity index (χ4v) is 3.01. The summed E-state index contributed by atoms with van der Waals surface area (Å²) in [6.07, 6.45) is 2.81. The Balaban J connectivity index is 2.03. The first kappa shape index (κ1) is 14.0. The lowest BCUT2D eigenvalue weighted by Gasteiger charge is -2.23. The SMILES string of the molecule is Cc1nc(Cl)c(C=O)c(N2CCCc3ccccc3C2)n1. The van der Waals surface area contributed by atoms with E-state index < -0.39 is 0 Å². The first-order valence-corrected chi connectivity index (χ1v) is 7.38. The minimum Gasteiger partial charge on any atom is -0.352 e. The summed E-state index contributed by atoms with van der Waals surface area (Å²) in [5.74, 6) is 1.22. The number of fused-ring (bicyclic) bond motifs is 1. The van der Waals surface area contributed by atoms with Gasteiger partial charge in [0.15, 0.2) is 6.29 Å². The van der Waals surface area contributed by atoms with Crippen LogP contribution in [0.3, 0.4) is 0 Å². The highest BCUT2D eigenvalue weighted by molar-refractivity contribution is 6.32. The third-order valence-corrected chi connectivity index (χ3v) is 4.05. The van der Waals surface area contributed by atoms with Crippen LogP contribution in [0.5, 0.6) is 0 Å². The van der Waals surface area contributed by atoms with Gasteiger partial charge >= 0.3 is 0 Å². The van der Waals surface area contributed by atoms with Crippen LogP contribution in [0.1, 0.15) is 33.7 Å². The van der Waals surface area contributed by atoms with Gasteiger partial charge in [0.05, 0.1) is 5.56 Å². The Hall–Kier alpha value is -1.94. The Morgan fingerprint density at radius 3 is 2.76 bits per heavy atom. The molecule has 0 aliphatic carbocycles. The summed E-state index contributed by atoms with van der Waals surface area (Å²) in [7, 11) is 0. The fraction of sp³-hybridized carbons (Fsp3) is 0.312. The quantitative estimate of drug-likeness (QED) is 0.631. The molecule has 0 saturated heterocycles. The van der Waals surface area contributed by atoms with Gasteiger partial charge in [-0.15, -0.1) is 0 Å². The van der Waals surface area contributed by atoms with E-state index in [0.717, 1.165) is 32.2 Å². The van der Waals surface area contributed by atoms with E-state index in [1.165, 1.54) is 11.1 Å². The summed E-state index contributed by atoms with van der Waals surface area (Å²) < 4.78 is 0. The highest BCUT2D eigenvalue weighted by atomic mass is 35.5. The normalized spacial score (nSPS) is 14.5. The summed E-state index contributed by atoms with van der Waals surface area (Å²) in [5, 5.41) is 0.227. The number of aldehydes is 1. The number of aryl methyl sites for hydroxylation is 2. The summed E-state index contributed by atoms with van der Waals surface area (Å²) >= 11 is 6.09. The molecule has 1 aromatic carbocycles. The van der Waals surface area contributed by atoms with Crippen molar-refractivity contribution in [1.29, 1.82) is 0 Å². The van der Waals surface area contributed by atoms with Crippen LogP contribution < -0.4 is 4.90 Å². The highest BCUT2D eigenvalue weighted by Crippen LogP contribution is 2.27. The zero-order chi connectivity index (χ0) is 14.8. The molecule has 0 spiro atoms. The van der Waals surface area contributed by atoms with Gasteiger partial charge in [-0.25, -0.2) is 9.97 Å². The van der Waals surface area contributed by atoms with E-state index in [1.54, 1.807) is 6.92 Å². The van der Waals surface area contributed by atoms with Gasteiger partial charge in [-0.3, -0.25) is 4.79 Å². The Bertz CT molecular complexity index is 687. The molecule has 21 heavy (non-hydrogen) atoms. The first-order chi connectivity index (χ1) is 10.2. The number of carbonyl (C=O) groups excluding carboxylic acids is 1. The van der Waals surface area contributed by atoms with Crippen molar-refractivity contribution < 1.29 is 4.79 Å². The molecular formula is C16H16ClN3O. The van der Waals surface area contributed by atoms with Crippen LogP contribution in [0, 0.1) is 6.92 Å². The smallest absolute Gasteiger partial charge is 0.156 e. The minimum atomic E-state index is 0.227. The molecule has 2 heterocycles. The van der Waals surface area contributed by atoms with E-state index in [-0.39, 0.29) is 5.15 Å². The third-order valence-electron chi connectivity index (χ3n) is 3.76. The number of hydrogen-bond acceptors (Lipinski definition) is 4. The van der Waals surface area contributed by atoms with Gasteiger partial charge in [-0.05, 0) is 30.9 Å². The Labute approximate surface area is 128 Å². The molecule has 1 aromatic heterocycles. The molecule has 5 heteroatoms. The summed E-state index contributed by atoms with van der Waals surface area (Å²) in [4.78, 5) is 22.0. The molecule has 3 rings (SSSR count). The van der Waals surface area contributed by atoms with E-state index in [1.807, 2.05) is 6.07 Å². The second-order valence-corrected chi connectivity index (χ2v) is 5.57. The van der Waals surface area contributed by atoms with E-state index >= 15 is 0 Å². The number of hydrogen-bond donors (Lipinski definition) is 0. The Morgan fingerprint density at radius 2 is 2.00 bits per heavy atom. The summed E-state index contributed by atoms with van der Waals surface area (Å²) in [5.41, 5.74) is 3.02. The average molecular weight is 302 g/mol. The molecule has 0 saturated carbocycles. The Kier molecular flexibility index (Phi) is 3.88. The predicted molar refractivity (Wildman–Crippen MR) is 83.0 cm³/mol. The lowest BCUT2D eigenvalue weighted by atomic mass is 10.0. The van der Waals surface area contributed by atoms with Gasteiger partial charge in [0.1, 0.15) is 16.8 Å². The molecule has 0 amide bonds. The fourth-order valence-electron chi connectivity index (χ4n) is 2.76. The van der Waals surface area contributed by atoms with Crippen LogP contribution in [-0.2, 0) is 13.0 Å². The molecule has 2 aromatic rings. The molecule has 0 atom stereocenters. The number of anilines is 1. The van der Waals surface area contributed by atoms with Crippen LogP contribution in [0.2, 0.25) is 5.15 Å². The minimum absolute atomic E-state index is 0.227. The van der Waals surface area contributed by atoms with Crippen LogP contribution in [0.25, 0.3) is 0 Å². The van der Waals surface area contributed by atoms with Gasteiger partial charge in [-0.1, -0.05) is 35.9 Å². The van der Waals surface area contributed by atoms with Crippen LogP contribution in [0.4, 0.5) is 5.82 Å². The molecule has 1 aliphatic heterocycles. The van der Waals surface area contributed by atoms with Crippen LogP contribution in [0.15, 0.2) is 24.3 Å². The molecule has 0 fully saturated rings. The molecule has 0 radical (unpaired) electrons. The molecule has 4 nitrogen and oxygen atoms in total. The van der Waals surface area contributed by atoms with Crippen LogP contribution >= 0.6 is 11.6 Å². The van der Waals surface area contributed by atoms with E-state index in [0.29, 0.717) is 17.2 Å².